The number of amides is 1. The van der Waals surface area contributed by atoms with Gasteiger partial charge in [0.1, 0.15) is 0 Å². The van der Waals surface area contributed by atoms with Gasteiger partial charge in [-0.1, -0.05) is 46.0 Å². The summed E-state index contributed by atoms with van der Waals surface area (Å²) in [6, 6.07) is 6.26. The second kappa shape index (κ2) is 5.87. The van der Waals surface area contributed by atoms with Gasteiger partial charge in [-0.3, -0.25) is 4.79 Å². The molecule has 1 amide bonds. The lowest BCUT2D eigenvalue weighted by atomic mass is 9.95. The molecule has 0 aliphatic heterocycles. The highest BCUT2D eigenvalue weighted by atomic mass is 79.9. The Morgan fingerprint density at radius 2 is 1.78 bits per heavy atom. The van der Waals surface area contributed by atoms with E-state index in [0.717, 1.165) is 29.5 Å². The van der Waals surface area contributed by atoms with Gasteiger partial charge in [0.05, 0.1) is 0 Å². The lowest BCUT2D eigenvalue weighted by Crippen LogP contribution is -2.42. The Labute approximate surface area is 117 Å². The van der Waals surface area contributed by atoms with Crippen molar-refractivity contribution in [3.8, 4) is 0 Å². The van der Waals surface area contributed by atoms with E-state index in [1.165, 1.54) is 12.8 Å². The lowest BCUT2D eigenvalue weighted by Gasteiger charge is -2.28. The average molecular weight is 310 g/mol. The maximum absolute atomic E-state index is 12.2. The van der Waals surface area contributed by atoms with Crippen molar-refractivity contribution in [2.45, 2.75) is 50.4 Å². The van der Waals surface area contributed by atoms with Gasteiger partial charge in [0.2, 0.25) is 0 Å². The molecule has 2 nitrogen and oxygen atoms in total. The maximum atomic E-state index is 12.2. The SMILES string of the molecule is Cc1cc(C)cc(C(=O)NC2CCCCC2Br)c1. The van der Waals surface area contributed by atoms with E-state index in [1.54, 1.807) is 0 Å². The van der Waals surface area contributed by atoms with E-state index >= 15 is 0 Å². The summed E-state index contributed by atoms with van der Waals surface area (Å²) >= 11 is 3.67. The van der Waals surface area contributed by atoms with E-state index < -0.39 is 0 Å². The fourth-order valence-electron chi connectivity index (χ4n) is 2.61. The van der Waals surface area contributed by atoms with Gasteiger partial charge in [0.25, 0.3) is 5.91 Å². The monoisotopic (exact) mass is 309 g/mol. The van der Waals surface area contributed by atoms with Gasteiger partial charge >= 0.3 is 0 Å². The maximum Gasteiger partial charge on any atom is 0.251 e. The van der Waals surface area contributed by atoms with Gasteiger partial charge in [-0.25, -0.2) is 0 Å². The molecule has 0 saturated heterocycles. The second-order valence-corrected chi connectivity index (χ2v) is 6.43. The van der Waals surface area contributed by atoms with Crippen LogP contribution in [0.4, 0.5) is 0 Å². The van der Waals surface area contributed by atoms with Crippen LogP contribution in [-0.4, -0.2) is 16.8 Å². The molecule has 1 aromatic carbocycles. The fraction of sp³-hybridized carbons (Fsp3) is 0.533. The molecule has 2 rings (SSSR count). The van der Waals surface area contributed by atoms with Crippen LogP contribution in [0.1, 0.15) is 47.2 Å². The molecular formula is C15H20BrNO. The number of halogens is 1. The summed E-state index contributed by atoms with van der Waals surface area (Å²) < 4.78 is 0. The van der Waals surface area contributed by atoms with Crippen LogP contribution < -0.4 is 5.32 Å². The number of alkyl halides is 1. The number of carbonyl (C=O) groups is 1. The molecule has 0 aromatic heterocycles. The zero-order chi connectivity index (χ0) is 13.1. The van der Waals surface area contributed by atoms with Crippen molar-refractivity contribution in [3.05, 3.63) is 34.9 Å². The van der Waals surface area contributed by atoms with Crippen molar-refractivity contribution >= 4 is 21.8 Å². The van der Waals surface area contributed by atoms with Crippen molar-refractivity contribution in [2.75, 3.05) is 0 Å². The first kappa shape index (κ1) is 13.6. The quantitative estimate of drug-likeness (QED) is 0.828. The Morgan fingerprint density at radius 1 is 1.17 bits per heavy atom. The average Bonchev–Trinajstić information content (AvgIpc) is 2.31. The molecular weight excluding hydrogens is 290 g/mol. The van der Waals surface area contributed by atoms with E-state index in [4.69, 9.17) is 0 Å². The first-order valence-electron chi connectivity index (χ1n) is 6.59. The van der Waals surface area contributed by atoms with Crippen molar-refractivity contribution < 1.29 is 4.79 Å². The molecule has 1 saturated carbocycles. The topological polar surface area (TPSA) is 29.1 Å². The van der Waals surface area contributed by atoms with E-state index in [2.05, 4.69) is 27.3 Å². The molecule has 3 heteroatoms. The van der Waals surface area contributed by atoms with E-state index in [9.17, 15) is 4.79 Å². The van der Waals surface area contributed by atoms with Crippen LogP contribution in [0.3, 0.4) is 0 Å². The minimum Gasteiger partial charge on any atom is -0.348 e. The van der Waals surface area contributed by atoms with Gasteiger partial charge in [-0.05, 0) is 38.8 Å². The normalized spacial score (nSPS) is 23.7. The third-order valence-corrected chi connectivity index (χ3v) is 4.58. The molecule has 2 atom stereocenters. The number of nitrogens with one attached hydrogen (secondary N) is 1. The summed E-state index contributed by atoms with van der Waals surface area (Å²) in [7, 11) is 0. The number of hydrogen-bond donors (Lipinski definition) is 1. The number of benzene rings is 1. The molecule has 1 aromatic rings. The number of rotatable bonds is 2. The molecule has 98 valence electrons. The Kier molecular flexibility index (Phi) is 4.44. The third-order valence-electron chi connectivity index (χ3n) is 3.48. The van der Waals surface area contributed by atoms with Gasteiger partial charge in [0.15, 0.2) is 0 Å². The van der Waals surface area contributed by atoms with Crippen LogP contribution in [0, 0.1) is 13.8 Å². The second-order valence-electron chi connectivity index (χ2n) is 5.26. The van der Waals surface area contributed by atoms with E-state index in [-0.39, 0.29) is 11.9 Å². The summed E-state index contributed by atoms with van der Waals surface area (Å²) in [6.07, 6.45) is 4.69. The predicted octanol–water partition coefficient (Wildman–Crippen LogP) is 3.74. The van der Waals surface area contributed by atoms with E-state index in [1.807, 2.05) is 26.0 Å². The van der Waals surface area contributed by atoms with Crippen molar-refractivity contribution in [1.82, 2.24) is 5.32 Å². The minimum atomic E-state index is 0.0538. The molecule has 0 bridgehead atoms. The van der Waals surface area contributed by atoms with Crippen molar-refractivity contribution in [3.63, 3.8) is 0 Å². The highest BCUT2D eigenvalue weighted by Crippen LogP contribution is 2.24. The number of aryl methyl sites for hydroxylation is 2. The molecule has 2 unspecified atom stereocenters. The third kappa shape index (κ3) is 3.35. The van der Waals surface area contributed by atoms with Crippen LogP contribution in [-0.2, 0) is 0 Å². The molecule has 0 radical (unpaired) electrons. The summed E-state index contributed by atoms with van der Waals surface area (Å²) in [4.78, 5) is 12.6. The molecule has 1 N–H and O–H groups in total. The predicted molar refractivity (Wildman–Crippen MR) is 78.4 cm³/mol. The highest BCUT2D eigenvalue weighted by molar-refractivity contribution is 9.09. The molecule has 1 fully saturated rings. The minimum absolute atomic E-state index is 0.0538. The Hall–Kier alpha value is -0.830. The smallest absolute Gasteiger partial charge is 0.251 e. The van der Waals surface area contributed by atoms with Crippen LogP contribution in [0.5, 0.6) is 0 Å². The largest absolute Gasteiger partial charge is 0.348 e. The summed E-state index contributed by atoms with van der Waals surface area (Å²) in [5.74, 6) is 0.0538. The zero-order valence-electron chi connectivity index (χ0n) is 11.0. The zero-order valence-corrected chi connectivity index (χ0v) is 12.6. The Balaban J connectivity index is 2.06. The Bertz CT molecular complexity index is 424. The van der Waals surface area contributed by atoms with Crippen molar-refractivity contribution in [2.24, 2.45) is 0 Å². The van der Waals surface area contributed by atoms with Crippen LogP contribution in [0.2, 0.25) is 0 Å². The van der Waals surface area contributed by atoms with E-state index in [0.29, 0.717) is 4.83 Å². The van der Waals surface area contributed by atoms with Crippen LogP contribution >= 0.6 is 15.9 Å². The number of carbonyl (C=O) groups excluding carboxylic acids is 1. The molecule has 0 heterocycles. The summed E-state index contributed by atoms with van der Waals surface area (Å²) in [6.45, 7) is 4.05. The number of hydrogen-bond acceptors (Lipinski definition) is 1. The molecule has 1 aliphatic carbocycles. The Morgan fingerprint density at radius 3 is 2.39 bits per heavy atom. The fourth-order valence-corrected chi connectivity index (χ4v) is 3.33. The summed E-state index contributed by atoms with van der Waals surface area (Å²) in [5.41, 5.74) is 3.05. The summed E-state index contributed by atoms with van der Waals surface area (Å²) in [5, 5.41) is 3.15. The van der Waals surface area contributed by atoms with Crippen LogP contribution in [0.25, 0.3) is 0 Å². The van der Waals surface area contributed by atoms with Gasteiger partial charge < -0.3 is 5.32 Å². The van der Waals surface area contributed by atoms with Crippen LogP contribution in [0.15, 0.2) is 18.2 Å². The molecule has 18 heavy (non-hydrogen) atoms. The standard InChI is InChI=1S/C15H20BrNO/c1-10-7-11(2)9-12(8-10)15(18)17-14-6-4-3-5-13(14)16/h7-9,13-14H,3-6H2,1-2H3,(H,17,18). The lowest BCUT2D eigenvalue weighted by molar-refractivity contribution is 0.0929. The van der Waals surface area contributed by atoms with Crippen molar-refractivity contribution in [1.29, 1.82) is 0 Å². The molecule has 1 aliphatic rings. The molecule has 0 spiro atoms. The first-order chi connectivity index (χ1) is 8.56. The van der Waals surface area contributed by atoms with Gasteiger partial charge in [-0.2, -0.15) is 0 Å². The first-order valence-corrected chi connectivity index (χ1v) is 7.51. The van der Waals surface area contributed by atoms with Gasteiger partial charge in [0, 0.05) is 16.4 Å². The van der Waals surface area contributed by atoms with Gasteiger partial charge in [-0.15, -0.1) is 0 Å². The highest BCUT2D eigenvalue weighted by Gasteiger charge is 2.24.